The van der Waals surface area contributed by atoms with E-state index in [2.05, 4.69) is 20.6 Å². The van der Waals surface area contributed by atoms with E-state index in [1.165, 1.54) is 6.33 Å². The van der Waals surface area contributed by atoms with Gasteiger partial charge in [0.1, 0.15) is 31.1 Å². The first-order valence-electron chi connectivity index (χ1n) is 8.23. The highest BCUT2D eigenvalue weighted by Crippen LogP contribution is 2.32. The van der Waals surface area contributed by atoms with E-state index < -0.39 is 0 Å². The molecule has 0 unspecified atom stereocenters. The van der Waals surface area contributed by atoms with Crippen molar-refractivity contribution in [3.63, 3.8) is 0 Å². The van der Waals surface area contributed by atoms with Gasteiger partial charge in [0.2, 0.25) is 0 Å². The second-order valence-electron chi connectivity index (χ2n) is 5.74. The van der Waals surface area contributed by atoms with Crippen LogP contribution in [0.5, 0.6) is 11.5 Å². The molecule has 4 rings (SSSR count). The lowest BCUT2D eigenvalue weighted by Crippen LogP contribution is -2.17. The molecule has 7 nitrogen and oxygen atoms in total. The molecule has 2 heterocycles. The van der Waals surface area contributed by atoms with Gasteiger partial charge in [0.25, 0.3) is 5.91 Å². The fourth-order valence-electron chi connectivity index (χ4n) is 2.58. The number of ether oxygens (including phenoxy) is 2. The van der Waals surface area contributed by atoms with Crippen LogP contribution in [0.25, 0.3) is 0 Å². The summed E-state index contributed by atoms with van der Waals surface area (Å²) in [5.41, 5.74) is 1.58. The molecule has 0 saturated heterocycles. The quantitative estimate of drug-likeness (QED) is 0.711. The Kier molecular flexibility index (Phi) is 4.76. The number of benzene rings is 2. The summed E-state index contributed by atoms with van der Waals surface area (Å²) in [6.07, 6.45) is 1.33. The number of hydrogen-bond donors (Lipinski definition) is 2. The van der Waals surface area contributed by atoms with Gasteiger partial charge >= 0.3 is 0 Å². The Balaban J connectivity index is 1.49. The van der Waals surface area contributed by atoms with Gasteiger partial charge in [-0.2, -0.15) is 0 Å². The number of hydrogen-bond acceptors (Lipinski definition) is 6. The van der Waals surface area contributed by atoms with Crippen molar-refractivity contribution in [2.75, 3.05) is 23.8 Å². The SMILES string of the molecule is O=C(Nc1ccc2c(c1)OCCO2)c1cc(Nc2cccc(Cl)c2)ncn1. The van der Waals surface area contributed by atoms with Gasteiger partial charge in [0.15, 0.2) is 11.5 Å². The summed E-state index contributed by atoms with van der Waals surface area (Å²) in [5, 5.41) is 6.49. The monoisotopic (exact) mass is 382 g/mol. The first-order valence-corrected chi connectivity index (χ1v) is 8.61. The van der Waals surface area contributed by atoms with Crippen LogP contribution in [0.3, 0.4) is 0 Å². The maximum absolute atomic E-state index is 12.5. The Labute approximate surface area is 160 Å². The number of amides is 1. The minimum absolute atomic E-state index is 0.226. The van der Waals surface area contributed by atoms with Gasteiger partial charge in [-0.25, -0.2) is 9.97 Å². The summed E-state index contributed by atoms with van der Waals surface area (Å²) in [6.45, 7) is 0.997. The van der Waals surface area contributed by atoms with Crippen LogP contribution in [0, 0.1) is 0 Å². The molecule has 0 spiro atoms. The van der Waals surface area contributed by atoms with E-state index in [0.717, 1.165) is 5.69 Å². The number of nitrogens with zero attached hydrogens (tertiary/aromatic N) is 2. The number of aromatic nitrogens is 2. The maximum Gasteiger partial charge on any atom is 0.274 e. The lowest BCUT2D eigenvalue weighted by atomic mass is 10.2. The molecular weight excluding hydrogens is 368 g/mol. The van der Waals surface area contributed by atoms with Gasteiger partial charge in [-0.3, -0.25) is 4.79 Å². The molecule has 8 heteroatoms. The molecule has 0 fully saturated rings. The summed E-state index contributed by atoms with van der Waals surface area (Å²) in [5.74, 6) is 1.39. The largest absolute Gasteiger partial charge is 0.486 e. The van der Waals surface area contributed by atoms with Crippen molar-refractivity contribution in [2.45, 2.75) is 0 Å². The van der Waals surface area contributed by atoms with Gasteiger partial charge in [-0.15, -0.1) is 0 Å². The summed E-state index contributed by atoms with van der Waals surface area (Å²) >= 11 is 5.98. The van der Waals surface area contributed by atoms with Crippen LogP contribution in [0.15, 0.2) is 54.9 Å². The van der Waals surface area contributed by atoms with Crippen molar-refractivity contribution in [3.8, 4) is 11.5 Å². The summed E-state index contributed by atoms with van der Waals surface area (Å²) in [4.78, 5) is 20.7. The minimum Gasteiger partial charge on any atom is -0.486 e. The Morgan fingerprint density at radius 2 is 1.81 bits per heavy atom. The van der Waals surface area contributed by atoms with Crippen molar-refractivity contribution >= 4 is 34.7 Å². The fraction of sp³-hybridized carbons (Fsp3) is 0.105. The highest BCUT2D eigenvalue weighted by atomic mass is 35.5. The smallest absolute Gasteiger partial charge is 0.274 e. The van der Waals surface area contributed by atoms with E-state index in [9.17, 15) is 4.79 Å². The average molecular weight is 383 g/mol. The van der Waals surface area contributed by atoms with Gasteiger partial charge in [-0.1, -0.05) is 17.7 Å². The van der Waals surface area contributed by atoms with Gasteiger partial charge in [0, 0.05) is 28.5 Å². The van der Waals surface area contributed by atoms with Gasteiger partial charge in [0.05, 0.1) is 0 Å². The zero-order chi connectivity index (χ0) is 18.6. The summed E-state index contributed by atoms with van der Waals surface area (Å²) < 4.78 is 11.0. The second-order valence-corrected chi connectivity index (χ2v) is 6.17. The molecule has 27 heavy (non-hydrogen) atoms. The van der Waals surface area contributed by atoms with Gasteiger partial charge in [-0.05, 0) is 30.3 Å². The molecule has 0 bridgehead atoms. The van der Waals surface area contributed by atoms with E-state index >= 15 is 0 Å². The van der Waals surface area contributed by atoms with Crippen LogP contribution < -0.4 is 20.1 Å². The minimum atomic E-state index is -0.358. The molecule has 0 saturated carbocycles. The molecule has 0 atom stereocenters. The molecular formula is C19H15ClN4O3. The van der Waals surface area contributed by atoms with E-state index in [-0.39, 0.29) is 11.6 Å². The third kappa shape index (κ3) is 4.09. The normalized spacial score (nSPS) is 12.3. The number of anilines is 3. The number of rotatable bonds is 4. The maximum atomic E-state index is 12.5. The topological polar surface area (TPSA) is 85.4 Å². The molecule has 2 N–H and O–H groups in total. The third-order valence-corrected chi connectivity index (χ3v) is 4.03. The van der Waals surface area contributed by atoms with Crippen molar-refractivity contribution in [2.24, 2.45) is 0 Å². The molecule has 0 aliphatic carbocycles. The first-order chi connectivity index (χ1) is 13.2. The molecule has 1 aliphatic rings. The molecule has 2 aromatic carbocycles. The molecule has 0 radical (unpaired) electrons. The molecule has 1 aliphatic heterocycles. The summed E-state index contributed by atoms with van der Waals surface area (Å²) in [6, 6.07) is 14.0. The van der Waals surface area contributed by atoms with E-state index in [1.807, 2.05) is 12.1 Å². The Hall–Kier alpha value is -3.32. The zero-order valence-electron chi connectivity index (χ0n) is 14.1. The van der Waals surface area contributed by atoms with Crippen LogP contribution in [0.1, 0.15) is 10.5 Å². The summed E-state index contributed by atoms with van der Waals surface area (Å²) in [7, 11) is 0. The lowest BCUT2D eigenvalue weighted by molar-refractivity contribution is 0.102. The van der Waals surface area contributed by atoms with E-state index in [0.29, 0.717) is 41.2 Å². The van der Waals surface area contributed by atoms with Crippen molar-refractivity contribution in [3.05, 3.63) is 65.6 Å². The van der Waals surface area contributed by atoms with Crippen LogP contribution in [-0.2, 0) is 0 Å². The highest BCUT2D eigenvalue weighted by Gasteiger charge is 2.14. The number of carbonyl (C=O) groups is 1. The molecule has 1 amide bonds. The highest BCUT2D eigenvalue weighted by molar-refractivity contribution is 6.30. The molecule has 1 aromatic heterocycles. The van der Waals surface area contributed by atoms with Crippen LogP contribution >= 0.6 is 11.6 Å². The van der Waals surface area contributed by atoms with E-state index in [4.69, 9.17) is 21.1 Å². The standard InChI is InChI=1S/C19H15ClN4O3/c20-12-2-1-3-13(8-12)23-18-10-15(21-11-22-18)19(25)24-14-4-5-16-17(9-14)27-7-6-26-16/h1-5,8-11H,6-7H2,(H,24,25)(H,21,22,23). The van der Waals surface area contributed by atoms with Crippen LogP contribution in [-0.4, -0.2) is 29.1 Å². The predicted octanol–water partition coefficient (Wildman–Crippen LogP) is 3.90. The number of carbonyl (C=O) groups excluding carboxylic acids is 1. The van der Waals surface area contributed by atoms with Crippen molar-refractivity contribution in [1.29, 1.82) is 0 Å². The molecule has 136 valence electrons. The predicted molar refractivity (Wildman–Crippen MR) is 102 cm³/mol. The number of nitrogens with one attached hydrogen (secondary N) is 2. The fourth-order valence-corrected chi connectivity index (χ4v) is 2.77. The van der Waals surface area contributed by atoms with Crippen molar-refractivity contribution < 1.29 is 14.3 Å². The Morgan fingerprint density at radius 3 is 2.67 bits per heavy atom. The van der Waals surface area contributed by atoms with Gasteiger partial charge < -0.3 is 20.1 Å². The third-order valence-electron chi connectivity index (χ3n) is 3.80. The lowest BCUT2D eigenvalue weighted by Gasteiger charge is -2.19. The zero-order valence-corrected chi connectivity index (χ0v) is 14.9. The van der Waals surface area contributed by atoms with Crippen LogP contribution in [0.2, 0.25) is 5.02 Å². The first kappa shape index (κ1) is 17.1. The number of halogens is 1. The Morgan fingerprint density at radius 1 is 0.963 bits per heavy atom. The van der Waals surface area contributed by atoms with Crippen molar-refractivity contribution in [1.82, 2.24) is 9.97 Å². The molecule has 3 aromatic rings. The second kappa shape index (κ2) is 7.51. The number of fused-ring (bicyclic) bond motifs is 1. The van der Waals surface area contributed by atoms with Crippen LogP contribution in [0.4, 0.5) is 17.2 Å². The Bertz CT molecular complexity index is 996. The van der Waals surface area contributed by atoms with E-state index in [1.54, 1.807) is 36.4 Å². The average Bonchev–Trinajstić information content (AvgIpc) is 2.68.